The van der Waals surface area contributed by atoms with Gasteiger partial charge in [-0.05, 0) is 26.9 Å². The number of nitrogens with zero attached hydrogens (tertiary/aromatic N) is 1. The quantitative estimate of drug-likeness (QED) is 0.461. The minimum atomic E-state index is -1.07. The highest BCUT2D eigenvalue weighted by Crippen LogP contribution is 2.01. The molecule has 0 aliphatic carbocycles. The molecule has 0 aromatic heterocycles. The van der Waals surface area contributed by atoms with Crippen molar-refractivity contribution < 1.29 is 14.7 Å². The third-order valence-electron chi connectivity index (χ3n) is 2.04. The van der Waals surface area contributed by atoms with Gasteiger partial charge >= 0.3 is 5.97 Å². The first-order valence-corrected chi connectivity index (χ1v) is 4.63. The normalized spacial score (nSPS) is 12.2. The molecule has 0 aliphatic heterocycles. The summed E-state index contributed by atoms with van der Waals surface area (Å²) in [7, 11) is 3.46. The lowest BCUT2D eigenvalue weighted by Crippen LogP contribution is -2.36. The van der Waals surface area contributed by atoms with Crippen LogP contribution < -0.4 is 5.32 Å². The predicted molar refractivity (Wildman–Crippen MR) is 53.0 cm³/mol. The first-order valence-electron chi connectivity index (χ1n) is 4.63. The number of carbonyl (C=O) groups excluding carboxylic acids is 1. The van der Waals surface area contributed by atoms with Crippen LogP contribution in [0.4, 0.5) is 0 Å². The maximum Gasteiger partial charge on any atom is 0.315 e. The highest BCUT2D eigenvalue weighted by Gasteiger charge is 2.23. The molecule has 0 fully saturated rings. The van der Waals surface area contributed by atoms with Crippen LogP contribution in [0.2, 0.25) is 0 Å². The molecule has 82 valence electrons. The zero-order chi connectivity index (χ0) is 11.1. The molecule has 0 aliphatic rings. The summed E-state index contributed by atoms with van der Waals surface area (Å²) in [5.41, 5.74) is 0. The maximum absolute atomic E-state index is 11.4. The number of carbonyl (C=O) groups is 2. The van der Waals surface area contributed by atoms with Gasteiger partial charge in [0.25, 0.3) is 0 Å². The van der Waals surface area contributed by atoms with Crippen LogP contribution in [0, 0.1) is 5.92 Å². The summed E-state index contributed by atoms with van der Waals surface area (Å²) in [6.07, 6.45) is 0.824. The van der Waals surface area contributed by atoms with Gasteiger partial charge in [-0.2, -0.15) is 0 Å². The van der Waals surface area contributed by atoms with Crippen molar-refractivity contribution in [3.05, 3.63) is 0 Å². The average Bonchev–Trinajstić information content (AvgIpc) is 2.15. The van der Waals surface area contributed by atoms with Crippen LogP contribution in [-0.2, 0) is 9.59 Å². The molecule has 1 unspecified atom stereocenters. The van der Waals surface area contributed by atoms with Gasteiger partial charge in [-0.1, -0.05) is 0 Å². The van der Waals surface area contributed by atoms with Crippen LogP contribution >= 0.6 is 0 Å². The van der Waals surface area contributed by atoms with Gasteiger partial charge in [0.15, 0.2) is 0 Å². The average molecular weight is 202 g/mol. The molecule has 0 radical (unpaired) electrons. The number of carboxylic acids is 1. The Kier molecular flexibility index (Phi) is 5.87. The second-order valence-corrected chi connectivity index (χ2v) is 3.28. The van der Waals surface area contributed by atoms with Gasteiger partial charge in [0.2, 0.25) is 5.91 Å². The number of amides is 1. The topological polar surface area (TPSA) is 69.6 Å². The molecule has 1 amide bonds. The number of hydrogen-bond acceptors (Lipinski definition) is 3. The lowest BCUT2D eigenvalue weighted by atomic mass is 10.1. The Morgan fingerprint density at radius 2 is 2.07 bits per heavy atom. The van der Waals surface area contributed by atoms with Crippen molar-refractivity contribution in [3.8, 4) is 0 Å². The van der Waals surface area contributed by atoms with Crippen LogP contribution in [0.3, 0.4) is 0 Å². The summed E-state index contributed by atoms with van der Waals surface area (Å²) in [6.45, 7) is 2.80. The van der Waals surface area contributed by atoms with E-state index in [2.05, 4.69) is 5.32 Å². The molecular formula is C9H18N2O3. The van der Waals surface area contributed by atoms with Gasteiger partial charge < -0.3 is 15.3 Å². The molecule has 0 heterocycles. The Hall–Kier alpha value is -1.10. The lowest BCUT2D eigenvalue weighted by molar-refractivity contribution is -0.149. The van der Waals surface area contributed by atoms with Crippen LogP contribution in [0.25, 0.3) is 0 Å². The van der Waals surface area contributed by atoms with Gasteiger partial charge in [-0.15, -0.1) is 0 Å². The van der Waals surface area contributed by atoms with Gasteiger partial charge in [0.1, 0.15) is 5.92 Å². The van der Waals surface area contributed by atoms with Crippen molar-refractivity contribution in [3.63, 3.8) is 0 Å². The Labute approximate surface area is 84.1 Å². The summed E-state index contributed by atoms with van der Waals surface area (Å²) >= 11 is 0. The summed E-state index contributed by atoms with van der Waals surface area (Å²) in [4.78, 5) is 23.4. The number of hydrogen-bond donors (Lipinski definition) is 2. The largest absolute Gasteiger partial charge is 0.481 e. The SMILES string of the molecule is CNCCCN(C)C(=O)C(C)C(=O)O. The zero-order valence-corrected chi connectivity index (χ0v) is 8.91. The molecule has 5 nitrogen and oxygen atoms in total. The second-order valence-electron chi connectivity index (χ2n) is 3.28. The smallest absolute Gasteiger partial charge is 0.315 e. The van der Waals surface area contributed by atoms with Crippen molar-refractivity contribution in [1.82, 2.24) is 10.2 Å². The highest BCUT2D eigenvalue weighted by atomic mass is 16.4. The van der Waals surface area contributed by atoms with E-state index in [-0.39, 0.29) is 5.91 Å². The maximum atomic E-state index is 11.4. The van der Waals surface area contributed by atoms with E-state index in [1.54, 1.807) is 7.05 Å². The molecule has 14 heavy (non-hydrogen) atoms. The van der Waals surface area contributed by atoms with E-state index < -0.39 is 11.9 Å². The predicted octanol–water partition coefficient (Wildman–Crippen LogP) is -0.225. The molecule has 0 aromatic rings. The number of carboxylic acid groups (broad SMARTS) is 1. The van der Waals surface area contributed by atoms with Gasteiger partial charge in [-0.3, -0.25) is 9.59 Å². The third kappa shape index (κ3) is 4.23. The van der Waals surface area contributed by atoms with Crippen LogP contribution in [0.5, 0.6) is 0 Å². The standard InChI is InChI=1S/C9H18N2O3/c1-7(9(13)14)8(12)11(3)6-4-5-10-2/h7,10H,4-6H2,1-3H3,(H,13,14). The van der Waals surface area contributed by atoms with Crippen molar-refractivity contribution in [1.29, 1.82) is 0 Å². The summed E-state index contributed by atoms with van der Waals surface area (Å²) in [5.74, 6) is -2.36. The number of aliphatic carboxylic acids is 1. The van der Waals surface area contributed by atoms with E-state index in [4.69, 9.17) is 5.11 Å². The van der Waals surface area contributed by atoms with E-state index in [0.29, 0.717) is 6.54 Å². The summed E-state index contributed by atoms with van der Waals surface area (Å²) in [5, 5.41) is 11.6. The minimum Gasteiger partial charge on any atom is -0.481 e. The van der Waals surface area contributed by atoms with Crippen LogP contribution in [0.1, 0.15) is 13.3 Å². The van der Waals surface area contributed by atoms with Crippen molar-refractivity contribution >= 4 is 11.9 Å². The van der Waals surface area contributed by atoms with E-state index in [1.807, 2.05) is 7.05 Å². The van der Waals surface area contributed by atoms with Crippen LogP contribution in [0.15, 0.2) is 0 Å². The monoisotopic (exact) mass is 202 g/mol. The molecule has 0 spiro atoms. The molecule has 0 rings (SSSR count). The molecule has 0 saturated heterocycles. The van der Waals surface area contributed by atoms with E-state index in [9.17, 15) is 9.59 Å². The minimum absolute atomic E-state index is 0.339. The lowest BCUT2D eigenvalue weighted by Gasteiger charge is -2.19. The zero-order valence-electron chi connectivity index (χ0n) is 8.91. The van der Waals surface area contributed by atoms with Gasteiger partial charge in [0.05, 0.1) is 0 Å². The summed E-state index contributed by atoms with van der Waals surface area (Å²) < 4.78 is 0. The van der Waals surface area contributed by atoms with Crippen molar-refractivity contribution in [2.75, 3.05) is 27.2 Å². The van der Waals surface area contributed by atoms with Crippen molar-refractivity contribution in [2.24, 2.45) is 5.92 Å². The molecule has 0 saturated carbocycles. The first kappa shape index (κ1) is 12.9. The molecule has 5 heteroatoms. The fraction of sp³-hybridized carbons (Fsp3) is 0.778. The Morgan fingerprint density at radius 1 is 1.50 bits per heavy atom. The molecule has 0 aromatic carbocycles. The molecule has 0 bridgehead atoms. The molecular weight excluding hydrogens is 184 g/mol. The van der Waals surface area contributed by atoms with E-state index in [0.717, 1.165) is 13.0 Å². The van der Waals surface area contributed by atoms with E-state index in [1.165, 1.54) is 11.8 Å². The fourth-order valence-electron chi connectivity index (χ4n) is 1.04. The summed E-state index contributed by atoms with van der Waals surface area (Å²) in [6, 6.07) is 0. The Balaban J connectivity index is 3.92. The molecule has 2 N–H and O–H groups in total. The highest BCUT2D eigenvalue weighted by molar-refractivity contribution is 5.96. The Morgan fingerprint density at radius 3 is 2.50 bits per heavy atom. The fourth-order valence-corrected chi connectivity index (χ4v) is 1.04. The van der Waals surface area contributed by atoms with Crippen LogP contribution in [-0.4, -0.2) is 49.1 Å². The Bertz CT molecular complexity index is 206. The molecule has 1 atom stereocenters. The third-order valence-corrected chi connectivity index (χ3v) is 2.04. The van der Waals surface area contributed by atoms with Gasteiger partial charge in [-0.25, -0.2) is 0 Å². The van der Waals surface area contributed by atoms with Crippen molar-refractivity contribution in [2.45, 2.75) is 13.3 Å². The number of nitrogens with one attached hydrogen (secondary N) is 1. The van der Waals surface area contributed by atoms with E-state index >= 15 is 0 Å². The second kappa shape index (κ2) is 6.37. The van der Waals surface area contributed by atoms with Gasteiger partial charge in [0, 0.05) is 13.6 Å². The first-order chi connectivity index (χ1) is 6.50. The number of rotatable bonds is 6.